The van der Waals surface area contributed by atoms with Crippen LogP contribution in [0.25, 0.3) is 5.69 Å². The van der Waals surface area contributed by atoms with Crippen molar-refractivity contribution < 1.29 is 0 Å². The van der Waals surface area contributed by atoms with Gasteiger partial charge in [-0.15, -0.1) is 0 Å². The van der Waals surface area contributed by atoms with Crippen LogP contribution in [-0.2, 0) is 0 Å². The normalized spacial score (nSPS) is 22.6. The van der Waals surface area contributed by atoms with Crippen molar-refractivity contribution >= 4 is 17.3 Å². The molecule has 2 aliphatic rings. The average molecular weight is 303 g/mol. The summed E-state index contributed by atoms with van der Waals surface area (Å²) in [4.78, 5) is 2.61. The summed E-state index contributed by atoms with van der Waals surface area (Å²) in [7, 11) is 0. The van der Waals surface area contributed by atoms with Crippen molar-refractivity contribution in [3.05, 3.63) is 41.7 Å². The average Bonchev–Trinajstić information content (AvgIpc) is 2.99. The highest BCUT2D eigenvalue weighted by Crippen LogP contribution is 2.33. The van der Waals surface area contributed by atoms with Gasteiger partial charge < -0.3 is 5.32 Å². The van der Waals surface area contributed by atoms with E-state index in [1.165, 1.54) is 25.8 Å². The molecule has 5 heteroatoms. The van der Waals surface area contributed by atoms with Crippen LogP contribution in [0, 0.1) is 0 Å². The number of benzene rings is 1. The summed E-state index contributed by atoms with van der Waals surface area (Å²) in [5.74, 6) is 0. The van der Waals surface area contributed by atoms with Crippen LogP contribution in [0.2, 0.25) is 5.02 Å². The van der Waals surface area contributed by atoms with Crippen LogP contribution >= 0.6 is 11.6 Å². The number of nitrogens with zero attached hydrogens (tertiary/aromatic N) is 3. The molecule has 0 amide bonds. The van der Waals surface area contributed by atoms with E-state index in [1.54, 1.807) is 6.20 Å². The second-order valence-electron chi connectivity index (χ2n) is 5.94. The molecule has 2 fully saturated rings. The number of aromatic nitrogens is 2. The van der Waals surface area contributed by atoms with Gasteiger partial charge >= 0.3 is 0 Å². The van der Waals surface area contributed by atoms with Gasteiger partial charge in [-0.3, -0.25) is 4.90 Å². The van der Waals surface area contributed by atoms with Gasteiger partial charge in [0.15, 0.2) is 0 Å². The molecule has 21 heavy (non-hydrogen) atoms. The van der Waals surface area contributed by atoms with Crippen LogP contribution < -0.4 is 5.32 Å². The Labute approximate surface area is 129 Å². The fraction of sp³-hybridized carbons (Fsp3) is 0.438. The van der Waals surface area contributed by atoms with Crippen LogP contribution in [0.15, 0.2) is 36.7 Å². The third kappa shape index (κ3) is 2.65. The van der Waals surface area contributed by atoms with E-state index >= 15 is 0 Å². The van der Waals surface area contributed by atoms with Gasteiger partial charge in [-0.1, -0.05) is 17.7 Å². The third-order valence-electron chi connectivity index (χ3n) is 4.36. The Morgan fingerprint density at radius 1 is 1.19 bits per heavy atom. The molecule has 0 spiro atoms. The molecule has 0 bridgehead atoms. The Morgan fingerprint density at radius 3 is 2.86 bits per heavy atom. The SMILES string of the molecule is Clc1cccc(NC2CCN(C3CC3)C2)c1-n1cccn1. The van der Waals surface area contributed by atoms with Gasteiger partial charge in [-0.05, 0) is 37.5 Å². The summed E-state index contributed by atoms with van der Waals surface area (Å²) in [6, 6.07) is 9.25. The molecule has 2 aromatic rings. The maximum Gasteiger partial charge on any atom is 0.106 e. The molecule has 0 radical (unpaired) electrons. The minimum atomic E-state index is 0.498. The molecule has 1 aromatic carbocycles. The summed E-state index contributed by atoms with van der Waals surface area (Å²) >= 11 is 6.38. The summed E-state index contributed by atoms with van der Waals surface area (Å²) < 4.78 is 1.83. The second-order valence-corrected chi connectivity index (χ2v) is 6.35. The van der Waals surface area contributed by atoms with E-state index in [2.05, 4.69) is 21.4 Å². The first-order valence-electron chi connectivity index (χ1n) is 7.60. The minimum absolute atomic E-state index is 0.498. The smallest absolute Gasteiger partial charge is 0.106 e. The highest BCUT2D eigenvalue weighted by Gasteiger charge is 2.34. The van der Waals surface area contributed by atoms with Crippen molar-refractivity contribution in [1.82, 2.24) is 14.7 Å². The molecular formula is C16H19ClN4. The summed E-state index contributed by atoms with van der Waals surface area (Å²) in [6.07, 6.45) is 7.65. The highest BCUT2D eigenvalue weighted by molar-refractivity contribution is 6.33. The lowest BCUT2D eigenvalue weighted by atomic mass is 10.2. The summed E-state index contributed by atoms with van der Waals surface area (Å²) in [5.41, 5.74) is 2.00. The molecule has 110 valence electrons. The fourth-order valence-electron chi connectivity index (χ4n) is 3.16. The van der Waals surface area contributed by atoms with E-state index < -0.39 is 0 Å². The number of para-hydroxylation sites is 1. The van der Waals surface area contributed by atoms with Crippen molar-refractivity contribution in [3.8, 4) is 5.69 Å². The van der Waals surface area contributed by atoms with Gasteiger partial charge in [0.25, 0.3) is 0 Å². The van der Waals surface area contributed by atoms with Crippen LogP contribution in [0.1, 0.15) is 19.3 Å². The van der Waals surface area contributed by atoms with Crippen molar-refractivity contribution in [2.45, 2.75) is 31.3 Å². The van der Waals surface area contributed by atoms with Gasteiger partial charge in [-0.2, -0.15) is 5.10 Å². The van der Waals surface area contributed by atoms with Crippen molar-refractivity contribution in [3.63, 3.8) is 0 Å². The fourth-order valence-corrected chi connectivity index (χ4v) is 3.42. The first-order chi connectivity index (χ1) is 10.3. The maximum atomic E-state index is 6.38. The Bertz CT molecular complexity index is 621. The van der Waals surface area contributed by atoms with Crippen molar-refractivity contribution in [1.29, 1.82) is 0 Å². The molecule has 1 N–H and O–H groups in total. The lowest BCUT2D eigenvalue weighted by molar-refractivity contribution is 0.326. The van der Waals surface area contributed by atoms with Crippen LogP contribution in [0.5, 0.6) is 0 Å². The zero-order valence-electron chi connectivity index (χ0n) is 11.9. The molecule has 4 rings (SSSR count). The van der Waals surface area contributed by atoms with E-state index in [4.69, 9.17) is 11.6 Å². The minimum Gasteiger partial charge on any atom is -0.379 e. The van der Waals surface area contributed by atoms with E-state index in [1.807, 2.05) is 29.1 Å². The lowest BCUT2D eigenvalue weighted by Crippen LogP contribution is -2.28. The largest absolute Gasteiger partial charge is 0.379 e. The highest BCUT2D eigenvalue weighted by atomic mass is 35.5. The molecule has 1 aromatic heterocycles. The van der Waals surface area contributed by atoms with Crippen LogP contribution in [-0.4, -0.2) is 39.9 Å². The Hall–Kier alpha value is -1.52. The van der Waals surface area contributed by atoms with E-state index in [9.17, 15) is 0 Å². The summed E-state index contributed by atoms with van der Waals surface area (Å²) in [6.45, 7) is 2.34. The Balaban J connectivity index is 1.56. The van der Waals surface area contributed by atoms with Crippen LogP contribution in [0.4, 0.5) is 5.69 Å². The Kier molecular flexibility index (Phi) is 3.36. The van der Waals surface area contributed by atoms with Crippen molar-refractivity contribution in [2.75, 3.05) is 18.4 Å². The molecular weight excluding hydrogens is 284 g/mol. The first-order valence-corrected chi connectivity index (χ1v) is 7.98. The number of hydrogen-bond acceptors (Lipinski definition) is 3. The molecule has 4 nitrogen and oxygen atoms in total. The van der Waals surface area contributed by atoms with Gasteiger partial charge in [-0.25, -0.2) is 4.68 Å². The maximum absolute atomic E-state index is 6.38. The molecule has 1 unspecified atom stereocenters. The quantitative estimate of drug-likeness (QED) is 0.941. The predicted molar refractivity (Wildman–Crippen MR) is 85.2 cm³/mol. The zero-order valence-corrected chi connectivity index (χ0v) is 12.6. The molecule has 1 aliphatic heterocycles. The van der Waals surface area contributed by atoms with Crippen molar-refractivity contribution in [2.24, 2.45) is 0 Å². The van der Waals surface area contributed by atoms with Crippen LogP contribution in [0.3, 0.4) is 0 Å². The van der Waals surface area contributed by atoms with Gasteiger partial charge in [0, 0.05) is 37.6 Å². The first kappa shape index (κ1) is 13.2. The summed E-state index contributed by atoms with van der Waals surface area (Å²) in [5, 5.41) is 8.70. The third-order valence-corrected chi connectivity index (χ3v) is 4.67. The second kappa shape index (κ2) is 5.35. The lowest BCUT2D eigenvalue weighted by Gasteiger charge is -2.19. The van der Waals surface area contributed by atoms with E-state index in [0.29, 0.717) is 6.04 Å². The van der Waals surface area contributed by atoms with Gasteiger partial charge in [0.05, 0.1) is 10.7 Å². The van der Waals surface area contributed by atoms with E-state index in [-0.39, 0.29) is 0 Å². The number of anilines is 1. The number of hydrogen-bond donors (Lipinski definition) is 1. The molecule has 1 aliphatic carbocycles. The molecule has 1 saturated carbocycles. The Morgan fingerprint density at radius 2 is 2.10 bits per heavy atom. The molecule has 1 atom stereocenters. The number of nitrogens with one attached hydrogen (secondary N) is 1. The monoisotopic (exact) mass is 302 g/mol. The predicted octanol–water partition coefficient (Wildman–Crippen LogP) is 3.17. The van der Waals surface area contributed by atoms with Gasteiger partial charge in [0.1, 0.15) is 5.69 Å². The number of likely N-dealkylation sites (tertiary alicyclic amines) is 1. The topological polar surface area (TPSA) is 33.1 Å². The zero-order chi connectivity index (χ0) is 14.2. The number of rotatable bonds is 4. The number of halogens is 1. The molecule has 1 saturated heterocycles. The molecule has 2 heterocycles. The van der Waals surface area contributed by atoms with E-state index in [0.717, 1.165) is 29.0 Å². The van der Waals surface area contributed by atoms with Gasteiger partial charge in [0.2, 0.25) is 0 Å². The standard InChI is InChI=1S/C16H19ClN4/c17-14-3-1-4-15(16(14)21-9-2-8-18-21)19-12-7-10-20(11-12)13-5-6-13/h1-4,8-9,12-13,19H,5-7,10-11H2.